The summed E-state index contributed by atoms with van der Waals surface area (Å²) < 4.78 is 1.93. The van der Waals surface area contributed by atoms with E-state index in [1.54, 1.807) is 12.5 Å². The van der Waals surface area contributed by atoms with E-state index < -0.39 is 6.10 Å². The number of hydrogen-bond donors (Lipinski definition) is 1. The molecule has 1 saturated carbocycles. The summed E-state index contributed by atoms with van der Waals surface area (Å²) in [4.78, 5) is 4.15. The molecule has 1 N–H and O–H groups in total. The molecule has 1 aliphatic carbocycles. The Labute approximate surface area is 113 Å². The zero-order valence-electron chi connectivity index (χ0n) is 10.9. The van der Waals surface area contributed by atoms with E-state index in [2.05, 4.69) is 10.9 Å². The SMILES string of the molecule is C#Cc1ccc2cncn2c1C(O)C1CCCCC1. The van der Waals surface area contributed by atoms with Crippen molar-refractivity contribution >= 4 is 5.52 Å². The number of hydrogen-bond acceptors (Lipinski definition) is 2. The molecule has 0 radical (unpaired) electrons. The first-order valence-corrected chi connectivity index (χ1v) is 6.91. The summed E-state index contributed by atoms with van der Waals surface area (Å²) in [6.45, 7) is 0. The summed E-state index contributed by atoms with van der Waals surface area (Å²) in [6.07, 6.45) is 14.4. The standard InChI is InChI=1S/C16H18N2O/c1-2-12-8-9-14-10-17-11-18(14)15(12)16(19)13-6-4-3-5-7-13/h1,8-11,13,16,19H,3-7H2. The lowest BCUT2D eigenvalue weighted by Gasteiger charge is -2.28. The molecule has 1 fully saturated rings. The molecule has 2 heterocycles. The number of aliphatic hydroxyl groups excluding tert-OH is 1. The minimum atomic E-state index is -0.496. The predicted molar refractivity (Wildman–Crippen MR) is 74.7 cm³/mol. The van der Waals surface area contributed by atoms with Gasteiger partial charge in [-0.25, -0.2) is 4.98 Å². The Balaban J connectivity index is 2.06. The van der Waals surface area contributed by atoms with E-state index in [4.69, 9.17) is 6.42 Å². The van der Waals surface area contributed by atoms with Gasteiger partial charge in [-0.3, -0.25) is 4.40 Å². The minimum absolute atomic E-state index is 0.314. The van der Waals surface area contributed by atoms with Gasteiger partial charge in [-0.05, 0) is 30.9 Å². The Hall–Kier alpha value is -1.79. The van der Waals surface area contributed by atoms with Crippen LogP contribution < -0.4 is 0 Å². The number of rotatable bonds is 2. The van der Waals surface area contributed by atoms with Gasteiger partial charge in [0.15, 0.2) is 0 Å². The van der Waals surface area contributed by atoms with Crippen molar-refractivity contribution in [3.8, 4) is 12.3 Å². The van der Waals surface area contributed by atoms with Crippen molar-refractivity contribution in [2.75, 3.05) is 0 Å². The average molecular weight is 254 g/mol. The van der Waals surface area contributed by atoms with Crippen molar-refractivity contribution in [3.05, 3.63) is 35.9 Å². The lowest BCUT2D eigenvalue weighted by atomic mass is 9.83. The molecule has 2 aromatic rings. The maximum Gasteiger partial charge on any atom is 0.0995 e. The number of terminal acetylenes is 1. The summed E-state index contributed by atoms with van der Waals surface area (Å²) in [5.41, 5.74) is 2.57. The number of aromatic nitrogens is 2. The topological polar surface area (TPSA) is 37.5 Å². The van der Waals surface area contributed by atoms with Gasteiger partial charge in [0.25, 0.3) is 0 Å². The second kappa shape index (κ2) is 5.07. The van der Waals surface area contributed by atoms with Gasteiger partial charge in [0.05, 0.1) is 29.8 Å². The summed E-state index contributed by atoms with van der Waals surface area (Å²) in [5.74, 6) is 3.00. The van der Waals surface area contributed by atoms with Crippen LogP contribution in [0.15, 0.2) is 24.7 Å². The van der Waals surface area contributed by atoms with Gasteiger partial charge >= 0.3 is 0 Å². The first-order chi connectivity index (χ1) is 9.31. The summed E-state index contributed by atoms with van der Waals surface area (Å²) in [5, 5.41) is 10.7. The third-order valence-electron chi connectivity index (χ3n) is 4.16. The Bertz CT molecular complexity index is 617. The van der Waals surface area contributed by atoms with E-state index in [-0.39, 0.29) is 0 Å². The Morgan fingerprint density at radius 1 is 1.32 bits per heavy atom. The highest BCUT2D eigenvalue weighted by atomic mass is 16.3. The molecule has 98 valence electrons. The largest absolute Gasteiger partial charge is 0.387 e. The van der Waals surface area contributed by atoms with E-state index in [0.717, 1.165) is 29.6 Å². The van der Waals surface area contributed by atoms with Crippen molar-refractivity contribution in [3.63, 3.8) is 0 Å². The smallest absolute Gasteiger partial charge is 0.0995 e. The Kier molecular flexibility index (Phi) is 3.27. The van der Waals surface area contributed by atoms with Crippen LogP contribution in [0.25, 0.3) is 5.52 Å². The van der Waals surface area contributed by atoms with Crippen molar-refractivity contribution < 1.29 is 5.11 Å². The maximum absolute atomic E-state index is 10.7. The van der Waals surface area contributed by atoms with Crippen molar-refractivity contribution in [1.82, 2.24) is 9.38 Å². The summed E-state index contributed by atoms with van der Waals surface area (Å²) in [6, 6.07) is 3.84. The number of aliphatic hydroxyl groups is 1. The highest BCUT2D eigenvalue weighted by Crippen LogP contribution is 2.35. The molecule has 2 aromatic heterocycles. The van der Waals surface area contributed by atoms with Crippen LogP contribution in [0.3, 0.4) is 0 Å². The lowest BCUT2D eigenvalue weighted by Crippen LogP contribution is -2.19. The van der Waals surface area contributed by atoms with E-state index in [9.17, 15) is 5.11 Å². The first kappa shape index (κ1) is 12.3. The highest BCUT2D eigenvalue weighted by Gasteiger charge is 2.26. The molecule has 0 bridgehead atoms. The molecular formula is C16H18N2O. The number of fused-ring (bicyclic) bond motifs is 1. The quantitative estimate of drug-likeness (QED) is 0.837. The zero-order valence-corrected chi connectivity index (χ0v) is 10.9. The van der Waals surface area contributed by atoms with Crippen LogP contribution in [0.5, 0.6) is 0 Å². The van der Waals surface area contributed by atoms with Gasteiger partial charge in [-0.2, -0.15) is 0 Å². The van der Waals surface area contributed by atoms with E-state index in [1.807, 2.05) is 16.5 Å². The average Bonchev–Trinajstić information content (AvgIpc) is 2.94. The van der Waals surface area contributed by atoms with Gasteiger partial charge < -0.3 is 5.11 Å². The Morgan fingerprint density at radius 2 is 2.11 bits per heavy atom. The molecule has 19 heavy (non-hydrogen) atoms. The predicted octanol–water partition coefficient (Wildman–Crippen LogP) is 2.93. The van der Waals surface area contributed by atoms with Crippen LogP contribution in [0.4, 0.5) is 0 Å². The number of pyridine rings is 1. The monoisotopic (exact) mass is 254 g/mol. The molecule has 1 unspecified atom stereocenters. The fourth-order valence-electron chi connectivity index (χ4n) is 3.11. The van der Waals surface area contributed by atoms with Crippen LogP contribution >= 0.6 is 0 Å². The van der Waals surface area contributed by atoms with Crippen LogP contribution in [-0.4, -0.2) is 14.5 Å². The third kappa shape index (κ3) is 2.13. The fraction of sp³-hybridized carbons (Fsp3) is 0.438. The van der Waals surface area contributed by atoms with Gasteiger partial charge in [0.2, 0.25) is 0 Å². The molecular weight excluding hydrogens is 236 g/mol. The molecule has 0 amide bonds. The van der Waals surface area contributed by atoms with Crippen LogP contribution in [0.2, 0.25) is 0 Å². The molecule has 1 aliphatic rings. The van der Waals surface area contributed by atoms with E-state index in [0.29, 0.717) is 5.92 Å². The van der Waals surface area contributed by atoms with Crippen LogP contribution in [0, 0.1) is 18.3 Å². The van der Waals surface area contributed by atoms with Crippen molar-refractivity contribution in [2.24, 2.45) is 5.92 Å². The van der Waals surface area contributed by atoms with Crippen molar-refractivity contribution in [1.29, 1.82) is 0 Å². The summed E-state index contributed by atoms with van der Waals surface area (Å²) in [7, 11) is 0. The maximum atomic E-state index is 10.7. The van der Waals surface area contributed by atoms with Crippen molar-refractivity contribution in [2.45, 2.75) is 38.2 Å². The zero-order chi connectivity index (χ0) is 13.2. The first-order valence-electron chi connectivity index (χ1n) is 6.91. The number of nitrogens with zero attached hydrogens (tertiary/aromatic N) is 2. The molecule has 3 heteroatoms. The molecule has 0 saturated heterocycles. The molecule has 0 aromatic carbocycles. The van der Waals surface area contributed by atoms with E-state index in [1.165, 1.54) is 19.3 Å². The molecule has 3 rings (SSSR count). The van der Waals surface area contributed by atoms with Gasteiger partial charge in [0.1, 0.15) is 0 Å². The summed E-state index contributed by atoms with van der Waals surface area (Å²) >= 11 is 0. The fourth-order valence-corrected chi connectivity index (χ4v) is 3.11. The highest BCUT2D eigenvalue weighted by molar-refractivity contribution is 5.52. The minimum Gasteiger partial charge on any atom is -0.387 e. The Morgan fingerprint density at radius 3 is 2.84 bits per heavy atom. The molecule has 0 aliphatic heterocycles. The molecule has 0 spiro atoms. The van der Waals surface area contributed by atoms with Gasteiger partial charge in [0, 0.05) is 5.56 Å². The van der Waals surface area contributed by atoms with E-state index >= 15 is 0 Å². The third-order valence-corrected chi connectivity index (χ3v) is 4.16. The van der Waals surface area contributed by atoms with Gasteiger partial charge in [-0.15, -0.1) is 6.42 Å². The number of imidazole rings is 1. The lowest BCUT2D eigenvalue weighted by molar-refractivity contribution is 0.0799. The second-order valence-corrected chi connectivity index (χ2v) is 5.31. The molecule has 3 nitrogen and oxygen atoms in total. The van der Waals surface area contributed by atoms with Gasteiger partial charge in [-0.1, -0.05) is 25.2 Å². The van der Waals surface area contributed by atoms with Crippen LogP contribution in [0.1, 0.15) is 49.5 Å². The normalized spacial score (nSPS) is 18.3. The molecule has 1 atom stereocenters. The van der Waals surface area contributed by atoms with Crippen LogP contribution in [-0.2, 0) is 0 Å². The second-order valence-electron chi connectivity index (χ2n) is 5.31.